The summed E-state index contributed by atoms with van der Waals surface area (Å²) in [6, 6.07) is 0. The molecule has 0 aromatic carbocycles. The van der Waals surface area contributed by atoms with Gasteiger partial charge in [0, 0.05) is 5.92 Å². The molecule has 154 valence electrons. The maximum Gasteiger partial charge on any atom is 0.192 e. The summed E-state index contributed by atoms with van der Waals surface area (Å²) >= 11 is 0. The minimum atomic E-state index is -1.89. The molecule has 0 heterocycles. The van der Waals surface area contributed by atoms with Crippen LogP contribution >= 0.6 is 0 Å². The lowest BCUT2D eigenvalue weighted by Crippen LogP contribution is -2.47. The van der Waals surface area contributed by atoms with Gasteiger partial charge in [0.05, 0.1) is 12.2 Å². The van der Waals surface area contributed by atoms with Crippen molar-refractivity contribution in [3.05, 3.63) is 0 Å². The van der Waals surface area contributed by atoms with E-state index >= 15 is 0 Å². The zero-order chi connectivity index (χ0) is 21.1. The summed E-state index contributed by atoms with van der Waals surface area (Å²) < 4.78 is 6.39. The maximum atomic E-state index is 10.8. The lowest BCUT2D eigenvalue weighted by Gasteiger charge is -2.40. The highest BCUT2D eigenvalue weighted by Gasteiger charge is 2.42. The van der Waals surface area contributed by atoms with E-state index in [-0.39, 0.29) is 17.1 Å². The zero-order valence-corrected chi connectivity index (χ0v) is 21.8. The molecule has 2 nitrogen and oxygen atoms in total. The Balaban J connectivity index is 5.45. The molecule has 1 N–H and O–H groups in total. The second-order valence-electron chi connectivity index (χ2n) is 10.5. The molecule has 0 aliphatic heterocycles. The molecule has 0 aliphatic rings. The monoisotopic (exact) mass is 398 g/mol. The fraction of sp³-hybridized carbons (Fsp3) is 0.909. The minimum Gasteiger partial charge on any atom is -0.412 e. The molecular weight excluding hydrogens is 352 g/mol. The highest BCUT2D eigenvalue weighted by Crippen LogP contribution is 2.41. The third-order valence-electron chi connectivity index (χ3n) is 6.66. The van der Waals surface area contributed by atoms with E-state index in [0.717, 1.165) is 0 Å². The molecule has 26 heavy (non-hydrogen) atoms. The van der Waals surface area contributed by atoms with E-state index in [1.165, 1.54) is 0 Å². The van der Waals surface area contributed by atoms with Crippen molar-refractivity contribution in [2.75, 3.05) is 0 Å². The van der Waals surface area contributed by atoms with Crippen LogP contribution in [0, 0.1) is 17.4 Å². The molecule has 0 bridgehead atoms. The standard InChI is InChI=1S/C22H46O2Si2/c1-16(2)26(17(3)4,18(5)6)15-14-19(7)21(23)20(8)24-25(12,13)22(9,10)11/h16-21,23H,1-13H3/t19-,20-,21-/m0/s1. The molecule has 0 amide bonds. The summed E-state index contributed by atoms with van der Waals surface area (Å²) in [5, 5.41) is 11.0. The number of rotatable bonds is 7. The van der Waals surface area contributed by atoms with E-state index in [1.54, 1.807) is 0 Å². The van der Waals surface area contributed by atoms with Crippen molar-refractivity contribution in [1.29, 1.82) is 0 Å². The van der Waals surface area contributed by atoms with Gasteiger partial charge >= 0.3 is 0 Å². The molecule has 0 aromatic rings. The molecule has 0 saturated carbocycles. The first-order chi connectivity index (χ1) is 11.5. The highest BCUT2D eigenvalue weighted by atomic mass is 28.4. The molecule has 0 spiro atoms. The minimum absolute atomic E-state index is 0.0714. The van der Waals surface area contributed by atoms with Gasteiger partial charge in [0.1, 0.15) is 8.07 Å². The summed E-state index contributed by atoms with van der Waals surface area (Å²) in [6.45, 7) is 29.2. The van der Waals surface area contributed by atoms with Gasteiger partial charge in [-0.25, -0.2) is 0 Å². The van der Waals surface area contributed by atoms with Crippen LogP contribution in [0.4, 0.5) is 0 Å². The SMILES string of the molecule is CC(C)[Si](C#C[C@H](C)[C@H](O)[C@H](C)O[Si](C)(C)C(C)(C)C)(C(C)C)C(C)C. The molecule has 4 heteroatoms. The van der Waals surface area contributed by atoms with Crippen LogP contribution in [0.3, 0.4) is 0 Å². The second kappa shape index (κ2) is 9.41. The maximum absolute atomic E-state index is 10.8. The fourth-order valence-corrected chi connectivity index (χ4v) is 10.6. The summed E-state index contributed by atoms with van der Waals surface area (Å²) in [7, 11) is -3.64. The first-order valence-corrected chi connectivity index (χ1v) is 15.5. The van der Waals surface area contributed by atoms with Gasteiger partial charge in [0.25, 0.3) is 0 Å². The molecule has 0 fully saturated rings. The van der Waals surface area contributed by atoms with Crippen molar-refractivity contribution in [2.24, 2.45) is 5.92 Å². The van der Waals surface area contributed by atoms with Crippen LogP contribution in [-0.2, 0) is 4.43 Å². The van der Waals surface area contributed by atoms with Crippen LogP contribution in [0.5, 0.6) is 0 Å². The Hall–Kier alpha value is -0.0862. The fourth-order valence-electron chi connectivity index (χ4n) is 3.87. The van der Waals surface area contributed by atoms with Crippen molar-refractivity contribution in [1.82, 2.24) is 0 Å². The highest BCUT2D eigenvalue weighted by molar-refractivity contribution is 6.90. The molecule has 3 atom stereocenters. The van der Waals surface area contributed by atoms with Crippen LogP contribution in [0.2, 0.25) is 34.8 Å². The lowest BCUT2D eigenvalue weighted by molar-refractivity contribution is 0.0190. The van der Waals surface area contributed by atoms with Gasteiger partial charge in [-0.3, -0.25) is 0 Å². The Morgan fingerprint density at radius 3 is 1.50 bits per heavy atom. The number of aliphatic hydroxyl groups excluding tert-OH is 1. The van der Waals surface area contributed by atoms with Gasteiger partial charge in [-0.15, -0.1) is 11.5 Å². The molecule has 0 aliphatic carbocycles. The molecule has 0 unspecified atom stereocenters. The van der Waals surface area contributed by atoms with Gasteiger partial charge in [-0.1, -0.05) is 62.3 Å². The van der Waals surface area contributed by atoms with Gasteiger partial charge in [0.15, 0.2) is 8.32 Å². The van der Waals surface area contributed by atoms with E-state index in [1.807, 2.05) is 13.8 Å². The van der Waals surface area contributed by atoms with E-state index in [0.29, 0.717) is 16.6 Å². The van der Waals surface area contributed by atoms with Gasteiger partial charge in [0.2, 0.25) is 0 Å². The Bertz CT molecular complexity index is 471. The second-order valence-corrected chi connectivity index (χ2v) is 20.9. The quantitative estimate of drug-likeness (QED) is 0.386. The Morgan fingerprint density at radius 1 is 0.808 bits per heavy atom. The third kappa shape index (κ3) is 5.96. The summed E-state index contributed by atoms with van der Waals surface area (Å²) in [6.07, 6.45) is -0.733. The number of aliphatic hydroxyl groups is 1. The van der Waals surface area contributed by atoms with Gasteiger partial charge < -0.3 is 9.53 Å². The molecule has 0 rings (SSSR count). The van der Waals surface area contributed by atoms with E-state index in [2.05, 4.69) is 86.9 Å². The average molecular weight is 399 g/mol. The van der Waals surface area contributed by atoms with Crippen LogP contribution in [0.25, 0.3) is 0 Å². The van der Waals surface area contributed by atoms with Gasteiger partial charge in [-0.05, 0) is 48.6 Å². The van der Waals surface area contributed by atoms with Crippen molar-refractivity contribution < 1.29 is 9.53 Å². The molecule has 0 saturated heterocycles. The molecular formula is C22H46O2Si2. The van der Waals surface area contributed by atoms with E-state index < -0.39 is 22.5 Å². The summed E-state index contributed by atoms with van der Waals surface area (Å²) in [5.41, 5.74) is 5.58. The topological polar surface area (TPSA) is 29.5 Å². The van der Waals surface area contributed by atoms with Crippen molar-refractivity contribution in [3.8, 4) is 11.5 Å². The first kappa shape index (κ1) is 25.9. The largest absolute Gasteiger partial charge is 0.412 e. The number of hydrogen-bond donors (Lipinski definition) is 1. The average Bonchev–Trinajstić information content (AvgIpc) is 2.43. The van der Waals surface area contributed by atoms with Crippen molar-refractivity contribution in [3.63, 3.8) is 0 Å². The zero-order valence-electron chi connectivity index (χ0n) is 19.8. The van der Waals surface area contributed by atoms with Crippen LogP contribution in [0.15, 0.2) is 0 Å². The Morgan fingerprint density at radius 2 is 1.19 bits per heavy atom. The van der Waals surface area contributed by atoms with Crippen LogP contribution < -0.4 is 0 Å². The van der Waals surface area contributed by atoms with Crippen LogP contribution in [0.1, 0.15) is 76.2 Å². The number of hydrogen-bond acceptors (Lipinski definition) is 2. The van der Waals surface area contributed by atoms with Crippen molar-refractivity contribution >= 4 is 16.4 Å². The Labute approximate surface area is 166 Å². The predicted octanol–water partition coefficient (Wildman–Crippen LogP) is 6.62. The third-order valence-corrected chi connectivity index (χ3v) is 17.5. The summed E-state index contributed by atoms with van der Waals surface area (Å²) in [4.78, 5) is 0. The smallest absolute Gasteiger partial charge is 0.192 e. The lowest BCUT2D eigenvalue weighted by atomic mass is 10.0. The van der Waals surface area contributed by atoms with E-state index in [9.17, 15) is 5.11 Å². The van der Waals surface area contributed by atoms with E-state index in [4.69, 9.17) is 4.43 Å². The molecule has 0 radical (unpaired) electrons. The normalized spacial score (nSPS) is 17.3. The van der Waals surface area contributed by atoms with Crippen molar-refractivity contribution in [2.45, 2.75) is 123 Å². The van der Waals surface area contributed by atoms with Gasteiger partial charge in [-0.2, -0.15) is 0 Å². The summed E-state index contributed by atoms with van der Waals surface area (Å²) in [5.74, 6) is 3.40. The predicted molar refractivity (Wildman–Crippen MR) is 122 cm³/mol. The first-order valence-electron chi connectivity index (χ1n) is 10.4. The Kier molecular flexibility index (Phi) is 9.38. The molecule has 0 aromatic heterocycles. The van der Waals surface area contributed by atoms with Crippen LogP contribution in [-0.4, -0.2) is 33.7 Å².